The number of hydrogen-bond donors (Lipinski definition) is 1. The molecule has 0 aromatic rings. The second-order valence-electron chi connectivity index (χ2n) is 5.02. The fourth-order valence-electron chi connectivity index (χ4n) is 2.31. The molecule has 16 heavy (non-hydrogen) atoms. The van der Waals surface area contributed by atoms with Crippen LogP contribution in [-0.4, -0.2) is 43.2 Å². The van der Waals surface area contributed by atoms with Crippen molar-refractivity contribution >= 4 is 5.91 Å². The summed E-state index contributed by atoms with van der Waals surface area (Å²) >= 11 is 0. The number of nitrogens with zero attached hydrogens (tertiary/aromatic N) is 1. The van der Waals surface area contributed by atoms with Gasteiger partial charge in [-0.15, -0.1) is 0 Å². The van der Waals surface area contributed by atoms with Gasteiger partial charge >= 0.3 is 0 Å². The van der Waals surface area contributed by atoms with Gasteiger partial charge in [-0.2, -0.15) is 0 Å². The first-order valence-electron chi connectivity index (χ1n) is 6.11. The molecule has 1 fully saturated rings. The number of carbonyl (C=O) groups excluding carboxylic acids is 1. The van der Waals surface area contributed by atoms with Crippen molar-refractivity contribution in [1.29, 1.82) is 0 Å². The molecule has 1 rings (SSSR count). The monoisotopic (exact) mass is 228 g/mol. The van der Waals surface area contributed by atoms with Crippen molar-refractivity contribution in [2.75, 3.05) is 20.3 Å². The highest BCUT2D eigenvalue weighted by atomic mass is 16.5. The Hall–Kier alpha value is -0.610. The molecule has 2 atom stereocenters. The van der Waals surface area contributed by atoms with Gasteiger partial charge in [0.1, 0.15) is 0 Å². The van der Waals surface area contributed by atoms with Crippen LogP contribution in [0.25, 0.3) is 0 Å². The number of hydrogen-bond acceptors (Lipinski definition) is 3. The summed E-state index contributed by atoms with van der Waals surface area (Å²) in [5.74, 6) is 0.552. The molecule has 0 bridgehead atoms. The predicted octanol–water partition coefficient (Wildman–Crippen LogP) is 0.997. The minimum absolute atomic E-state index is 0.0910. The first kappa shape index (κ1) is 13.5. The van der Waals surface area contributed by atoms with Crippen LogP contribution in [0.1, 0.15) is 33.1 Å². The zero-order chi connectivity index (χ0) is 12.1. The SMILES string of the molecule is COC[C@@H]1CCCN1C(=O)[C@@H](N)CC(C)C. The Kier molecular flexibility index (Phi) is 5.22. The van der Waals surface area contributed by atoms with E-state index in [2.05, 4.69) is 13.8 Å². The van der Waals surface area contributed by atoms with Crippen LogP contribution in [0.2, 0.25) is 0 Å². The molecule has 0 spiro atoms. The number of carbonyl (C=O) groups is 1. The number of amides is 1. The van der Waals surface area contributed by atoms with Crippen LogP contribution < -0.4 is 5.73 Å². The van der Waals surface area contributed by atoms with Gasteiger partial charge in [0, 0.05) is 13.7 Å². The standard InChI is InChI=1S/C12H24N2O2/c1-9(2)7-11(13)12(15)14-6-4-5-10(14)8-16-3/h9-11H,4-8,13H2,1-3H3/t10-,11-/m0/s1. The highest BCUT2D eigenvalue weighted by molar-refractivity contribution is 5.82. The summed E-state index contributed by atoms with van der Waals surface area (Å²) in [5, 5.41) is 0. The lowest BCUT2D eigenvalue weighted by Gasteiger charge is -2.27. The van der Waals surface area contributed by atoms with Crippen molar-refractivity contribution in [3.05, 3.63) is 0 Å². The molecule has 1 aliphatic heterocycles. The van der Waals surface area contributed by atoms with E-state index in [1.807, 2.05) is 4.90 Å². The molecule has 0 aromatic carbocycles. The molecule has 0 aromatic heterocycles. The van der Waals surface area contributed by atoms with Crippen LogP contribution in [0, 0.1) is 5.92 Å². The summed E-state index contributed by atoms with van der Waals surface area (Å²) in [6.07, 6.45) is 2.86. The molecule has 4 heteroatoms. The molecule has 1 heterocycles. The quantitative estimate of drug-likeness (QED) is 0.763. The molecule has 94 valence electrons. The van der Waals surface area contributed by atoms with E-state index in [1.165, 1.54) is 0 Å². The average Bonchev–Trinajstić information content (AvgIpc) is 2.64. The Balaban J connectivity index is 2.51. The first-order chi connectivity index (χ1) is 7.56. The maximum Gasteiger partial charge on any atom is 0.239 e. The molecule has 1 saturated heterocycles. The van der Waals surface area contributed by atoms with Crippen molar-refractivity contribution in [2.45, 2.75) is 45.2 Å². The number of rotatable bonds is 5. The van der Waals surface area contributed by atoms with Gasteiger partial charge in [-0.3, -0.25) is 4.79 Å². The molecule has 4 nitrogen and oxygen atoms in total. The third-order valence-electron chi connectivity index (χ3n) is 3.06. The third-order valence-corrected chi connectivity index (χ3v) is 3.06. The topological polar surface area (TPSA) is 55.6 Å². The van der Waals surface area contributed by atoms with Gasteiger partial charge in [0.15, 0.2) is 0 Å². The highest BCUT2D eigenvalue weighted by Gasteiger charge is 2.31. The zero-order valence-corrected chi connectivity index (χ0v) is 10.6. The van der Waals surface area contributed by atoms with Crippen molar-refractivity contribution in [2.24, 2.45) is 11.7 Å². The van der Waals surface area contributed by atoms with Crippen LogP contribution >= 0.6 is 0 Å². The summed E-state index contributed by atoms with van der Waals surface area (Å²) in [5.41, 5.74) is 5.92. The van der Waals surface area contributed by atoms with E-state index in [0.717, 1.165) is 25.8 Å². The first-order valence-corrected chi connectivity index (χ1v) is 6.11. The van der Waals surface area contributed by atoms with E-state index >= 15 is 0 Å². The molecular weight excluding hydrogens is 204 g/mol. The molecular formula is C12H24N2O2. The Bertz CT molecular complexity index is 231. The van der Waals surface area contributed by atoms with Crippen molar-refractivity contribution < 1.29 is 9.53 Å². The van der Waals surface area contributed by atoms with Crippen molar-refractivity contribution in [3.8, 4) is 0 Å². The zero-order valence-electron chi connectivity index (χ0n) is 10.6. The lowest BCUT2D eigenvalue weighted by atomic mass is 10.0. The number of nitrogens with two attached hydrogens (primary N) is 1. The molecule has 1 aliphatic rings. The fraction of sp³-hybridized carbons (Fsp3) is 0.917. The number of likely N-dealkylation sites (tertiary alicyclic amines) is 1. The van der Waals surface area contributed by atoms with E-state index in [4.69, 9.17) is 10.5 Å². The predicted molar refractivity (Wildman–Crippen MR) is 64.0 cm³/mol. The molecule has 0 radical (unpaired) electrons. The smallest absolute Gasteiger partial charge is 0.239 e. The Morgan fingerprint density at radius 2 is 2.25 bits per heavy atom. The average molecular weight is 228 g/mol. The summed E-state index contributed by atoms with van der Waals surface area (Å²) in [4.78, 5) is 14.0. The maximum absolute atomic E-state index is 12.1. The van der Waals surface area contributed by atoms with E-state index in [-0.39, 0.29) is 18.0 Å². The molecule has 0 saturated carbocycles. The van der Waals surface area contributed by atoms with Gasteiger partial charge in [-0.1, -0.05) is 13.8 Å². The van der Waals surface area contributed by atoms with Crippen LogP contribution in [0.5, 0.6) is 0 Å². The second-order valence-corrected chi connectivity index (χ2v) is 5.02. The summed E-state index contributed by atoms with van der Waals surface area (Å²) in [7, 11) is 1.68. The molecule has 1 amide bonds. The van der Waals surface area contributed by atoms with Gasteiger partial charge in [0.2, 0.25) is 5.91 Å². The number of ether oxygens (including phenoxy) is 1. The van der Waals surface area contributed by atoms with E-state index < -0.39 is 0 Å². The van der Waals surface area contributed by atoms with E-state index in [0.29, 0.717) is 12.5 Å². The van der Waals surface area contributed by atoms with Gasteiger partial charge < -0.3 is 15.4 Å². The Morgan fingerprint density at radius 1 is 1.56 bits per heavy atom. The molecule has 0 aliphatic carbocycles. The molecule has 2 N–H and O–H groups in total. The van der Waals surface area contributed by atoms with Crippen molar-refractivity contribution in [1.82, 2.24) is 4.90 Å². The Morgan fingerprint density at radius 3 is 2.81 bits per heavy atom. The third kappa shape index (κ3) is 3.46. The highest BCUT2D eigenvalue weighted by Crippen LogP contribution is 2.19. The fourth-order valence-corrected chi connectivity index (χ4v) is 2.31. The second kappa shape index (κ2) is 6.21. The van der Waals surface area contributed by atoms with Crippen LogP contribution in [0.15, 0.2) is 0 Å². The minimum atomic E-state index is -0.350. The van der Waals surface area contributed by atoms with Crippen LogP contribution in [-0.2, 0) is 9.53 Å². The molecule has 0 unspecified atom stereocenters. The summed E-state index contributed by atoms with van der Waals surface area (Å²) in [6.45, 7) is 5.63. The minimum Gasteiger partial charge on any atom is -0.383 e. The lowest BCUT2D eigenvalue weighted by Crippen LogP contribution is -2.47. The van der Waals surface area contributed by atoms with E-state index in [1.54, 1.807) is 7.11 Å². The van der Waals surface area contributed by atoms with Gasteiger partial charge in [-0.25, -0.2) is 0 Å². The lowest BCUT2D eigenvalue weighted by molar-refractivity contribution is -0.134. The van der Waals surface area contributed by atoms with Crippen LogP contribution in [0.3, 0.4) is 0 Å². The summed E-state index contributed by atoms with van der Waals surface area (Å²) < 4.78 is 5.13. The maximum atomic E-state index is 12.1. The van der Waals surface area contributed by atoms with Crippen molar-refractivity contribution in [3.63, 3.8) is 0 Å². The normalized spacial score (nSPS) is 22.8. The number of methoxy groups -OCH3 is 1. The van der Waals surface area contributed by atoms with Gasteiger partial charge in [0.25, 0.3) is 0 Å². The largest absolute Gasteiger partial charge is 0.383 e. The van der Waals surface area contributed by atoms with Gasteiger partial charge in [0.05, 0.1) is 18.7 Å². The van der Waals surface area contributed by atoms with Crippen LogP contribution in [0.4, 0.5) is 0 Å². The Labute approximate surface area is 98.1 Å². The van der Waals surface area contributed by atoms with E-state index in [9.17, 15) is 4.79 Å². The van der Waals surface area contributed by atoms with Gasteiger partial charge in [-0.05, 0) is 25.2 Å². The summed E-state index contributed by atoms with van der Waals surface area (Å²) in [6, 6.07) is -0.117.